The summed E-state index contributed by atoms with van der Waals surface area (Å²) in [5.74, 6) is 0. The molecular weight excluding hydrogens is 333 g/mol. The molecule has 2 aromatic rings. The van der Waals surface area contributed by atoms with Crippen LogP contribution >= 0.6 is 23.2 Å². The Kier molecular flexibility index (Phi) is 4.94. The molecule has 0 saturated carbocycles. The van der Waals surface area contributed by atoms with E-state index in [1.54, 1.807) is 17.0 Å². The van der Waals surface area contributed by atoms with Crippen LogP contribution in [0.3, 0.4) is 0 Å². The first-order valence-corrected chi connectivity index (χ1v) is 8.20. The van der Waals surface area contributed by atoms with Crippen molar-refractivity contribution in [1.82, 2.24) is 4.90 Å². The minimum absolute atomic E-state index is 0.105. The van der Waals surface area contributed by atoms with Gasteiger partial charge in [0.25, 0.3) is 0 Å². The van der Waals surface area contributed by atoms with Crippen LogP contribution in [0.5, 0.6) is 0 Å². The zero-order valence-electron chi connectivity index (χ0n) is 12.5. The average Bonchev–Trinajstić information content (AvgIpc) is 2.55. The topological polar surface area (TPSA) is 35.6 Å². The summed E-state index contributed by atoms with van der Waals surface area (Å²) < 4.78 is 0. The number of carbonyl (C=O) groups is 1. The molecule has 0 unspecified atom stereocenters. The summed E-state index contributed by atoms with van der Waals surface area (Å²) >= 11 is 12.2. The molecule has 1 saturated heterocycles. The molecule has 1 aliphatic heterocycles. The lowest BCUT2D eigenvalue weighted by atomic mass is 10.2. The quantitative estimate of drug-likeness (QED) is 0.874. The molecule has 6 heteroatoms. The van der Waals surface area contributed by atoms with Crippen LogP contribution in [0, 0.1) is 0 Å². The molecular formula is C17H17Cl2N3O. The van der Waals surface area contributed by atoms with Gasteiger partial charge in [-0.25, -0.2) is 4.79 Å². The van der Waals surface area contributed by atoms with Gasteiger partial charge in [-0.3, -0.25) is 0 Å². The Bertz CT molecular complexity index is 700. The molecule has 2 aromatic carbocycles. The summed E-state index contributed by atoms with van der Waals surface area (Å²) in [5.41, 5.74) is 1.72. The van der Waals surface area contributed by atoms with Gasteiger partial charge >= 0.3 is 6.03 Å². The highest BCUT2D eigenvalue weighted by Gasteiger charge is 2.22. The Hall–Kier alpha value is -1.91. The molecule has 0 bridgehead atoms. The first-order chi connectivity index (χ1) is 11.1. The lowest BCUT2D eigenvalue weighted by Gasteiger charge is -2.36. The van der Waals surface area contributed by atoms with Crippen molar-refractivity contribution in [2.45, 2.75) is 0 Å². The van der Waals surface area contributed by atoms with Crippen molar-refractivity contribution in [2.75, 3.05) is 36.4 Å². The summed E-state index contributed by atoms with van der Waals surface area (Å²) in [5, 5.41) is 4.22. The van der Waals surface area contributed by atoms with Crippen molar-refractivity contribution in [3.8, 4) is 0 Å². The van der Waals surface area contributed by atoms with Gasteiger partial charge in [0.2, 0.25) is 0 Å². The number of para-hydroxylation sites is 1. The minimum Gasteiger partial charge on any atom is -0.367 e. The smallest absolute Gasteiger partial charge is 0.321 e. The standard InChI is InChI=1S/C17H17Cl2N3O/c18-13-4-3-5-14(12-13)20-17(23)22-10-8-21(9-11-22)16-7-2-1-6-15(16)19/h1-7,12H,8-11H2,(H,20,23). The highest BCUT2D eigenvalue weighted by Crippen LogP contribution is 2.26. The van der Waals surface area contributed by atoms with Gasteiger partial charge in [-0.05, 0) is 30.3 Å². The Morgan fingerprint density at radius 2 is 1.70 bits per heavy atom. The van der Waals surface area contributed by atoms with Crippen LogP contribution in [0.1, 0.15) is 0 Å². The van der Waals surface area contributed by atoms with E-state index in [4.69, 9.17) is 23.2 Å². The highest BCUT2D eigenvalue weighted by atomic mass is 35.5. The van der Waals surface area contributed by atoms with E-state index in [-0.39, 0.29) is 6.03 Å². The molecule has 0 aromatic heterocycles. The van der Waals surface area contributed by atoms with E-state index in [0.29, 0.717) is 23.8 Å². The largest absolute Gasteiger partial charge is 0.367 e. The zero-order valence-corrected chi connectivity index (χ0v) is 14.0. The normalized spacial score (nSPS) is 14.7. The van der Waals surface area contributed by atoms with Crippen molar-refractivity contribution in [2.24, 2.45) is 0 Å². The third-order valence-electron chi connectivity index (χ3n) is 3.84. The fraction of sp³-hybridized carbons (Fsp3) is 0.235. The number of nitrogens with zero attached hydrogens (tertiary/aromatic N) is 2. The van der Waals surface area contributed by atoms with Crippen molar-refractivity contribution in [3.63, 3.8) is 0 Å². The van der Waals surface area contributed by atoms with Crippen molar-refractivity contribution >= 4 is 40.6 Å². The van der Waals surface area contributed by atoms with Gasteiger partial charge in [-0.15, -0.1) is 0 Å². The van der Waals surface area contributed by atoms with E-state index in [9.17, 15) is 4.79 Å². The van der Waals surface area contributed by atoms with Gasteiger partial charge in [0.1, 0.15) is 0 Å². The first kappa shape index (κ1) is 16.0. The number of hydrogen-bond donors (Lipinski definition) is 1. The molecule has 2 amide bonds. The second-order valence-corrected chi connectivity index (χ2v) is 6.21. The average molecular weight is 350 g/mol. The molecule has 4 nitrogen and oxygen atoms in total. The Labute approximate surface area is 145 Å². The highest BCUT2D eigenvalue weighted by molar-refractivity contribution is 6.33. The SMILES string of the molecule is O=C(Nc1cccc(Cl)c1)N1CCN(c2ccccc2Cl)CC1. The molecule has 1 heterocycles. The lowest BCUT2D eigenvalue weighted by molar-refractivity contribution is 0.208. The van der Waals surface area contributed by atoms with E-state index >= 15 is 0 Å². The van der Waals surface area contributed by atoms with Gasteiger partial charge in [-0.1, -0.05) is 41.4 Å². The summed E-state index contributed by atoms with van der Waals surface area (Å²) in [4.78, 5) is 16.3. The minimum atomic E-state index is -0.105. The molecule has 23 heavy (non-hydrogen) atoms. The number of nitrogens with one attached hydrogen (secondary N) is 1. The van der Waals surface area contributed by atoms with Gasteiger partial charge in [0.05, 0.1) is 10.7 Å². The van der Waals surface area contributed by atoms with Crippen molar-refractivity contribution in [3.05, 3.63) is 58.6 Å². The molecule has 120 valence electrons. The van der Waals surface area contributed by atoms with Crippen LogP contribution in [0.15, 0.2) is 48.5 Å². The second kappa shape index (κ2) is 7.11. The molecule has 1 aliphatic rings. The second-order valence-electron chi connectivity index (χ2n) is 5.37. The van der Waals surface area contributed by atoms with Gasteiger partial charge < -0.3 is 15.1 Å². The molecule has 1 fully saturated rings. The monoisotopic (exact) mass is 349 g/mol. The molecule has 0 spiro atoms. The summed E-state index contributed by atoms with van der Waals surface area (Å²) in [7, 11) is 0. The van der Waals surface area contributed by atoms with E-state index in [2.05, 4.69) is 10.2 Å². The molecule has 1 N–H and O–H groups in total. The number of hydrogen-bond acceptors (Lipinski definition) is 2. The maximum atomic E-state index is 12.3. The van der Waals surface area contributed by atoms with E-state index in [1.165, 1.54) is 0 Å². The van der Waals surface area contributed by atoms with Crippen LogP contribution in [0.4, 0.5) is 16.2 Å². The zero-order chi connectivity index (χ0) is 16.2. The van der Waals surface area contributed by atoms with Gasteiger partial charge in [0, 0.05) is 36.9 Å². The van der Waals surface area contributed by atoms with E-state index in [0.717, 1.165) is 23.8 Å². The fourth-order valence-corrected chi connectivity index (χ4v) is 3.07. The van der Waals surface area contributed by atoms with Crippen molar-refractivity contribution < 1.29 is 4.79 Å². The molecule has 0 radical (unpaired) electrons. The van der Waals surface area contributed by atoms with Crippen LogP contribution in [0.25, 0.3) is 0 Å². The predicted octanol–water partition coefficient (Wildman–Crippen LogP) is 4.35. The van der Waals surface area contributed by atoms with Crippen LogP contribution in [-0.4, -0.2) is 37.1 Å². The molecule has 0 aliphatic carbocycles. The number of benzene rings is 2. The van der Waals surface area contributed by atoms with Crippen LogP contribution < -0.4 is 10.2 Å². The maximum absolute atomic E-state index is 12.3. The summed E-state index contributed by atoms with van der Waals surface area (Å²) in [6.07, 6.45) is 0. The van der Waals surface area contributed by atoms with Gasteiger partial charge in [-0.2, -0.15) is 0 Å². The first-order valence-electron chi connectivity index (χ1n) is 7.44. The number of amides is 2. The summed E-state index contributed by atoms with van der Waals surface area (Å²) in [6.45, 7) is 2.81. The summed E-state index contributed by atoms with van der Waals surface area (Å²) in [6, 6.07) is 14.8. The fourth-order valence-electron chi connectivity index (χ4n) is 2.63. The number of carbonyl (C=O) groups excluding carboxylic acids is 1. The maximum Gasteiger partial charge on any atom is 0.321 e. The third kappa shape index (κ3) is 3.89. The number of piperazine rings is 1. The number of urea groups is 1. The Balaban J connectivity index is 1.58. The predicted molar refractivity (Wildman–Crippen MR) is 95.7 cm³/mol. The number of halogens is 2. The third-order valence-corrected chi connectivity index (χ3v) is 4.39. The Morgan fingerprint density at radius 3 is 2.39 bits per heavy atom. The van der Waals surface area contributed by atoms with E-state index in [1.807, 2.05) is 36.4 Å². The number of anilines is 2. The van der Waals surface area contributed by atoms with Crippen molar-refractivity contribution in [1.29, 1.82) is 0 Å². The molecule has 0 atom stereocenters. The van der Waals surface area contributed by atoms with Crippen LogP contribution in [0.2, 0.25) is 10.0 Å². The lowest BCUT2D eigenvalue weighted by Crippen LogP contribution is -2.50. The van der Waals surface area contributed by atoms with Gasteiger partial charge in [0.15, 0.2) is 0 Å². The molecule has 3 rings (SSSR count). The Morgan fingerprint density at radius 1 is 0.957 bits per heavy atom. The van der Waals surface area contributed by atoms with E-state index < -0.39 is 0 Å². The van der Waals surface area contributed by atoms with Crippen LogP contribution in [-0.2, 0) is 0 Å². The number of rotatable bonds is 2.